The molecule has 10 aromatic carbocycles. The summed E-state index contributed by atoms with van der Waals surface area (Å²) in [7, 11) is 0. The fourth-order valence-corrected chi connectivity index (χ4v) is 10.2. The lowest BCUT2D eigenvalue weighted by Gasteiger charge is -2.34. The number of fused-ring (bicyclic) bond motifs is 4. The fourth-order valence-electron chi connectivity index (χ4n) is 10.2. The van der Waals surface area contributed by atoms with E-state index in [1.165, 1.54) is 60.8 Å². The summed E-state index contributed by atoms with van der Waals surface area (Å²) < 4.78 is 0. The quantitative estimate of drug-likeness (QED) is 0.152. The number of benzene rings is 10. The van der Waals surface area contributed by atoms with E-state index in [9.17, 15) is 0 Å². The molecular formula is C63H42N2. The number of hydrogen-bond acceptors (Lipinski definition) is 2. The van der Waals surface area contributed by atoms with Crippen LogP contribution < -0.4 is 0 Å². The molecule has 1 aliphatic rings. The average molecular weight is 827 g/mol. The Balaban J connectivity index is 1.07. The third kappa shape index (κ3) is 6.58. The molecule has 0 saturated heterocycles. The van der Waals surface area contributed by atoms with E-state index in [0.29, 0.717) is 5.82 Å². The summed E-state index contributed by atoms with van der Waals surface area (Å²) in [6.45, 7) is 0. The molecular weight excluding hydrogens is 785 g/mol. The largest absolute Gasteiger partial charge is 0.228 e. The van der Waals surface area contributed by atoms with Crippen molar-refractivity contribution in [1.29, 1.82) is 0 Å². The van der Waals surface area contributed by atoms with Crippen molar-refractivity contribution in [3.05, 3.63) is 277 Å². The van der Waals surface area contributed by atoms with Crippen molar-refractivity contribution in [1.82, 2.24) is 9.97 Å². The molecule has 65 heavy (non-hydrogen) atoms. The number of nitrogens with zero attached hydrogens (tertiary/aromatic N) is 2. The average Bonchev–Trinajstić information content (AvgIpc) is 3.69. The summed E-state index contributed by atoms with van der Waals surface area (Å²) in [6.07, 6.45) is 0. The van der Waals surface area contributed by atoms with Gasteiger partial charge < -0.3 is 0 Å². The SMILES string of the molecule is c1ccc(-c2cc(-c3ccccc3)nc(-c3cccc(-c4cccc(-c5cc6c(cc5-c5cccc7ccccc57)-c5ccccc5C6(c5ccccc5)c5ccccc5)c4)c3)n2)cc1. The summed E-state index contributed by atoms with van der Waals surface area (Å²) in [5, 5.41) is 2.45. The van der Waals surface area contributed by atoms with Crippen molar-refractivity contribution in [3.8, 4) is 78.4 Å². The highest BCUT2D eigenvalue weighted by atomic mass is 14.9. The van der Waals surface area contributed by atoms with Gasteiger partial charge in [-0.1, -0.05) is 224 Å². The second kappa shape index (κ2) is 16.0. The van der Waals surface area contributed by atoms with Crippen molar-refractivity contribution in [3.63, 3.8) is 0 Å². The van der Waals surface area contributed by atoms with Gasteiger partial charge in [0.25, 0.3) is 0 Å². The fraction of sp³-hybridized carbons (Fsp3) is 0.0159. The third-order valence-electron chi connectivity index (χ3n) is 13.2. The Morgan fingerprint density at radius 2 is 0.738 bits per heavy atom. The van der Waals surface area contributed by atoms with Crippen LogP contribution in [0.5, 0.6) is 0 Å². The predicted molar refractivity (Wildman–Crippen MR) is 269 cm³/mol. The summed E-state index contributed by atoms with van der Waals surface area (Å²) in [4.78, 5) is 10.3. The van der Waals surface area contributed by atoms with Crippen LogP contribution in [0.1, 0.15) is 22.3 Å². The molecule has 0 atom stereocenters. The van der Waals surface area contributed by atoms with Gasteiger partial charge in [0.15, 0.2) is 5.82 Å². The number of aromatic nitrogens is 2. The molecule has 1 aliphatic carbocycles. The molecule has 1 aromatic heterocycles. The second-order valence-corrected chi connectivity index (χ2v) is 16.9. The van der Waals surface area contributed by atoms with E-state index in [1.807, 2.05) is 12.1 Å². The second-order valence-electron chi connectivity index (χ2n) is 16.9. The van der Waals surface area contributed by atoms with E-state index in [4.69, 9.17) is 9.97 Å². The van der Waals surface area contributed by atoms with Crippen LogP contribution in [-0.2, 0) is 5.41 Å². The Morgan fingerprint density at radius 3 is 1.40 bits per heavy atom. The van der Waals surface area contributed by atoms with Crippen LogP contribution in [0, 0.1) is 0 Å². The zero-order valence-electron chi connectivity index (χ0n) is 35.6. The summed E-state index contributed by atoms with van der Waals surface area (Å²) >= 11 is 0. The molecule has 0 amide bonds. The number of rotatable bonds is 8. The van der Waals surface area contributed by atoms with E-state index in [0.717, 1.165) is 44.8 Å². The van der Waals surface area contributed by atoms with Crippen LogP contribution >= 0.6 is 0 Å². The van der Waals surface area contributed by atoms with Gasteiger partial charge in [-0.25, -0.2) is 9.97 Å². The van der Waals surface area contributed by atoms with Gasteiger partial charge in [0.2, 0.25) is 0 Å². The van der Waals surface area contributed by atoms with E-state index < -0.39 is 5.41 Å². The molecule has 2 heteroatoms. The molecule has 11 aromatic rings. The van der Waals surface area contributed by atoms with Gasteiger partial charge in [0.1, 0.15) is 0 Å². The molecule has 0 fully saturated rings. The van der Waals surface area contributed by atoms with Crippen molar-refractivity contribution in [2.24, 2.45) is 0 Å². The van der Waals surface area contributed by atoms with Crippen LogP contribution in [0.2, 0.25) is 0 Å². The topological polar surface area (TPSA) is 25.8 Å². The number of hydrogen-bond donors (Lipinski definition) is 0. The first-order chi connectivity index (χ1) is 32.2. The van der Waals surface area contributed by atoms with Gasteiger partial charge in [-0.2, -0.15) is 0 Å². The lowest BCUT2D eigenvalue weighted by Crippen LogP contribution is -2.28. The highest BCUT2D eigenvalue weighted by molar-refractivity contribution is 6.03. The highest BCUT2D eigenvalue weighted by Crippen LogP contribution is 2.58. The molecule has 0 spiro atoms. The van der Waals surface area contributed by atoms with Gasteiger partial charge in [0.05, 0.1) is 16.8 Å². The van der Waals surface area contributed by atoms with Gasteiger partial charge in [0, 0.05) is 16.7 Å². The summed E-state index contributed by atoms with van der Waals surface area (Å²) in [6, 6.07) is 92.2. The molecule has 304 valence electrons. The van der Waals surface area contributed by atoms with Crippen molar-refractivity contribution >= 4 is 10.8 Å². The van der Waals surface area contributed by atoms with Gasteiger partial charge in [-0.15, -0.1) is 0 Å². The van der Waals surface area contributed by atoms with Crippen LogP contribution in [0.25, 0.3) is 89.2 Å². The Morgan fingerprint density at radius 1 is 0.262 bits per heavy atom. The minimum absolute atomic E-state index is 0.528. The maximum absolute atomic E-state index is 5.17. The van der Waals surface area contributed by atoms with Gasteiger partial charge in [-0.05, 0) is 108 Å². The first-order valence-corrected chi connectivity index (χ1v) is 22.3. The van der Waals surface area contributed by atoms with Gasteiger partial charge >= 0.3 is 0 Å². The van der Waals surface area contributed by atoms with Gasteiger partial charge in [-0.3, -0.25) is 0 Å². The minimum Gasteiger partial charge on any atom is -0.228 e. The van der Waals surface area contributed by atoms with Crippen LogP contribution in [0.15, 0.2) is 255 Å². The first-order valence-electron chi connectivity index (χ1n) is 22.3. The zero-order valence-corrected chi connectivity index (χ0v) is 35.6. The lowest BCUT2D eigenvalue weighted by atomic mass is 9.67. The summed E-state index contributed by atoms with van der Waals surface area (Å²) in [5.41, 5.74) is 18.9. The first kappa shape index (κ1) is 38.2. The van der Waals surface area contributed by atoms with Crippen LogP contribution in [0.4, 0.5) is 0 Å². The molecule has 1 heterocycles. The molecule has 0 N–H and O–H groups in total. The molecule has 0 aliphatic heterocycles. The van der Waals surface area contributed by atoms with E-state index in [-0.39, 0.29) is 0 Å². The van der Waals surface area contributed by atoms with Crippen molar-refractivity contribution in [2.75, 3.05) is 0 Å². The molecule has 0 saturated carbocycles. The normalized spacial score (nSPS) is 12.4. The third-order valence-corrected chi connectivity index (χ3v) is 13.2. The Bertz CT molecular complexity index is 3420. The zero-order chi connectivity index (χ0) is 43.2. The van der Waals surface area contributed by atoms with E-state index in [1.54, 1.807) is 0 Å². The Kier molecular flexibility index (Phi) is 9.43. The minimum atomic E-state index is -0.528. The monoisotopic (exact) mass is 826 g/mol. The maximum Gasteiger partial charge on any atom is 0.160 e. The lowest BCUT2D eigenvalue weighted by molar-refractivity contribution is 0.769. The van der Waals surface area contributed by atoms with E-state index >= 15 is 0 Å². The summed E-state index contributed by atoms with van der Waals surface area (Å²) in [5.74, 6) is 0.692. The molecule has 0 unspecified atom stereocenters. The maximum atomic E-state index is 5.17. The van der Waals surface area contributed by atoms with Crippen molar-refractivity contribution < 1.29 is 0 Å². The Hall–Kier alpha value is -8.46. The van der Waals surface area contributed by atoms with Crippen LogP contribution in [-0.4, -0.2) is 9.97 Å². The Labute approximate surface area is 379 Å². The standard InChI is InChI=1S/C63H42N2/c1-5-21-44(22-6-1)60-42-61(45-23-7-2-8-24-45)65-62(64-60)49-29-18-27-47(39-49)46-26-17-28-48(38-46)55-41-59-57(40-56(55)53-36-19-25-43-20-13-14-34-52(43)53)54-35-15-16-37-58(54)63(59,50-30-9-3-10-31-50)51-32-11-4-12-33-51/h1-42H. The van der Waals surface area contributed by atoms with E-state index in [2.05, 4.69) is 243 Å². The smallest absolute Gasteiger partial charge is 0.160 e. The molecule has 0 radical (unpaired) electrons. The van der Waals surface area contributed by atoms with Crippen molar-refractivity contribution in [2.45, 2.75) is 5.41 Å². The molecule has 12 rings (SSSR count). The molecule has 2 nitrogen and oxygen atoms in total. The molecule has 0 bridgehead atoms. The predicted octanol–water partition coefficient (Wildman–Crippen LogP) is 16.0. The van der Waals surface area contributed by atoms with Crippen LogP contribution in [0.3, 0.4) is 0 Å². The highest BCUT2D eigenvalue weighted by Gasteiger charge is 2.46.